The predicted molar refractivity (Wildman–Crippen MR) is 98.1 cm³/mol. The Bertz CT molecular complexity index is 663. The van der Waals surface area contributed by atoms with E-state index in [0.29, 0.717) is 11.4 Å². The second-order valence-corrected chi connectivity index (χ2v) is 7.81. The SMILES string of the molecule is CC(=O)SCC(=Cc1cnc(N)c(N)n1)B1OC(C)(C)C(C)(C)O1. The van der Waals surface area contributed by atoms with Gasteiger partial charge in [0.25, 0.3) is 0 Å². The van der Waals surface area contributed by atoms with Crippen LogP contribution in [0.25, 0.3) is 6.08 Å². The summed E-state index contributed by atoms with van der Waals surface area (Å²) in [4.78, 5) is 19.6. The molecule has 1 aromatic heterocycles. The van der Waals surface area contributed by atoms with Crippen LogP contribution in [-0.2, 0) is 14.1 Å². The molecule has 0 spiro atoms. The average molecular weight is 350 g/mol. The lowest BCUT2D eigenvalue weighted by Gasteiger charge is -2.32. The maximum Gasteiger partial charge on any atom is 0.491 e. The van der Waals surface area contributed by atoms with Crippen LogP contribution in [0.15, 0.2) is 11.7 Å². The van der Waals surface area contributed by atoms with Crippen molar-refractivity contribution in [2.45, 2.75) is 45.8 Å². The van der Waals surface area contributed by atoms with Gasteiger partial charge in [-0.05, 0) is 39.2 Å². The molecule has 1 aromatic rings. The summed E-state index contributed by atoms with van der Waals surface area (Å²) in [5.41, 5.74) is 11.7. The Morgan fingerprint density at radius 2 is 1.83 bits per heavy atom. The predicted octanol–water partition coefficient (Wildman–Crippen LogP) is 1.94. The summed E-state index contributed by atoms with van der Waals surface area (Å²) in [5, 5.41) is 0.0142. The lowest BCUT2D eigenvalue weighted by atomic mass is 9.78. The van der Waals surface area contributed by atoms with Gasteiger partial charge < -0.3 is 20.8 Å². The highest BCUT2D eigenvalue weighted by Crippen LogP contribution is 2.39. The minimum atomic E-state index is -0.567. The van der Waals surface area contributed by atoms with Crippen molar-refractivity contribution in [2.75, 3.05) is 17.2 Å². The largest absolute Gasteiger partial charge is 0.491 e. The van der Waals surface area contributed by atoms with Crippen molar-refractivity contribution in [1.29, 1.82) is 0 Å². The first kappa shape index (κ1) is 18.8. The normalized spacial score (nSPS) is 19.5. The van der Waals surface area contributed by atoms with Gasteiger partial charge in [-0.15, -0.1) is 0 Å². The van der Waals surface area contributed by atoms with E-state index in [0.717, 1.165) is 5.47 Å². The molecule has 24 heavy (non-hydrogen) atoms. The summed E-state index contributed by atoms with van der Waals surface area (Å²) >= 11 is 1.18. The summed E-state index contributed by atoms with van der Waals surface area (Å²) in [6.45, 7) is 9.43. The van der Waals surface area contributed by atoms with Gasteiger partial charge in [-0.25, -0.2) is 9.97 Å². The van der Waals surface area contributed by atoms with Crippen molar-refractivity contribution in [3.8, 4) is 0 Å². The molecule has 0 atom stereocenters. The fourth-order valence-electron chi connectivity index (χ4n) is 2.04. The van der Waals surface area contributed by atoms with Crippen molar-refractivity contribution in [3.63, 3.8) is 0 Å². The van der Waals surface area contributed by atoms with E-state index in [1.807, 2.05) is 27.7 Å². The first-order valence-electron chi connectivity index (χ1n) is 7.59. The molecule has 9 heteroatoms. The van der Waals surface area contributed by atoms with Crippen LogP contribution in [0.1, 0.15) is 40.3 Å². The zero-order valence-corrected chi connectivity index (χ0v) is 15.4. The summed E-state index contributed by atoms with van der Waals surface area (Å²) in [6, 6.07) is 0. The van der Waals surface area contributed by atoms with Gasteiger partial charge in [0, 0.05) is 12.7 Å². The van der Waals surface area contributed by atoms with Crippen molar-refractivity contribution >= 4 is 41.7 Å². The molecule has 0 radical (unpaired) electrons. The quantitative estimate of drug-likeness (QED) is 0.792. The Kier molecular flexibility index (Phi) is 5.27. The van der Waals surface area contributed by atoms with Crippen LogP contribution >= 0.6 is 11.8 Å². The molecular formula is C15H23BN4O3S. The van der Waals surface area contributed by atoms with E-state index in [2.05, 4.69) is 9.97 Å². The molecular weight excluding hydrogens is 327 g/mol. The van der Waals surface area contributed by atoms with Gasteiger partial charge in [-0.2, -0.15) is 0 Å². The molecule has 2 heterocycles. The van der Waals surface area contributed by atoms with Crippen LogP contribution in [0.5, 0.6) is 0 Å². The summed E-state index contributed by atoms with van der Waals surface area (Å²) in [5.74, 6) is 0.775. The number of nitrogens with two attached hydrogens (primary N) is 2. The van der Waals surface area contributed by atoms with Crippen LogP contribution in [-0.4, -0.2) is 39.2 Å². The van der Waals surface area contributed by atoms with Crippen molar-refractivity contribution in [2.24, 2.45) is 0 Å². The molecule has 130 valence electrons. The maximum atomic E-state index is 11.4. The lowest BCUT2D eigenvalue weighted by molar-refractivity contribution is -0.109. The number of hydrogen-bond acceptors (Lipinski definition) is 8. The first-order chi connectivity index (χ1) is 11.0. The average Bonchev–Trinajstić information content (AvgIpc) is 2.67. The fourth-order valence-corrected chi connectivity index (χ4v) is 2.63. The van der Waals surface area contributed by atoms with Crippen molar-refractivity contribution < 1.29 is 14.1 Å². The maximum absolute atomic E-state index is 11.4. The van der Waals surface area contributed by atoms with Gasteiger partial charge >= 0.3 is 7.12 Å². The molecule has 0 unspecified atom stereocenters. The minimum Gasteiger partial charge on any atom is -0.400 e. The second-order valence-electron chi connectivity index (χ2n) is 6.65. The van der Waals surface area contributed by atoms with Crippen LogP contribution in [0, 0.1) is 0 Å². The van der Waals surface area contributed by atoms with Crippen LogP contribution < -0.4 is 11.5 Å². The molecule has 1 aliphatic rings. The van der Waals surface area contributed by atoms with Crippen molar-refractivity contribution in [1.82, 2.24) is 9.97 Å². The van der Waals surface area contributed by atoms with E-state index < -0.39 is 18.3 Å². The van der Waals surface area contributed by atoms with Crippen LogP contribution in [0.3, 0.4) is 0 Å². The summed E-state index contributed by atoms with van der Waals surface area (Å²) in [7, 11) is -0.567. The van der Waals surface area contributed by atoms with Gasteiger partial charge in [-0.3, -0.25) is 4.79 Å². The number of nitrogen functional groups attached to an aromatic ring is 2. The zero-order chi connectivity index (χ0) is 18.1. The monoisotopic (exact) mass is 350 g/mol. The number of nitrogens with zero attached hydrogens (tertiary/aromatic N) is 2. The topological polar surface area (TPSA) is 113 Å². The van der Waals surface area contributed by atoms with Crippen LogP contribution in [0.2, 0.25) is 0 Å². The molecule has 7 nitrogen and oxygen atoms in total. The van der Waals surface area contributed by atoms with E-state index in [1.165, 1.54) is 24.9 Å². The number of thioether (sulfide) groups is 1. The molecule has 4 N–H and O–H groups in total. The summed E-state index contributed by atoms with van der Waals surface area (Å²) in [6.07, 6.45) is 3.30. The molecule has 0 aliphatic carbocycles. The standard InChI is InChI=1S/C15H23BN4O3S/c1-9(21)24-8-10(6-11-7-19-12(17)13(18)20-11)16-22-14(2,3)15(4,5)23-16/h6-7H,8H2,1-5H3,(H2,17,19)(H2,18,20). The third-order valence-electron chi connectivity index (χ3n) is 4.18. The minimum absolute atomic E-state index is 0.0142. The smallest absolute Gasteiger partial charge is 0.400 e. The van der Waals surface area contributed by atoms with E-state index in [1.54, 1.807) is 6.08 Å². The molecule has 1 aliphatic heterocycles. The number of carbonyl (C=O) groups is 1. The Labute approximate surface area is 146 Å². The second kappa shape index (κ2) is 6.74. The molecule has 1 fully saturated rings. The number of hydrogen-bond donors (Lipinski definition) is 2. The Morgan fingerprint density at radius 3 is 2.33 bits per heavy atom. The molecule has 1 saturated heterocycles. The van der Waals surface area contributed by atoms with Crippen LogP contribution in [0.4, 0.5) is 11.6 Å². The van der Waals surface area contributed by atoms with Gasteiger partial charge in [0.05, 0.1) is 23.1 Å². The number of aromatic nitrogens is 2. The van der Waals surface area contributed by atoms with E-state index >= 15 is 0 Å². The Morgan fingerprint density at radius 1 is 1.25 bits per heavy atom. The third kappa shape index (κ3) is 4.09. The first-order valence-corrected chi connectivity index (χ1v) is 8.58. The number of carbonyl (C=O) groups excluding carboxylic acids is 1. The van der Waals surface area contributed by atoms with E-state index in [4.69, 9.17) is 20.8 Å². The number of anilines is 2. The fraction of sp³-hybridized carbons (Fsp3) is 0.533. The lowest BCUT2D eigenvalue weighted by Crippen LogP contribution is -2.41. The van der Waals surface area contributed by atoms with Gasteiger partial charge in [0.15, 0.2) is 16.8 Å². The summed E-state index contributed by atoms with van der Waals surface area (Å²) < 4.78 is 12.1. The molecule has 0 bridgehead atoms. The molecule has 0 saturated carbocycles. The van der Waals surface area contributed by atoms with E-state index in [9.17, 15) is 4.79 Å². The Hall–Kier alpha value is -1.58. The van der Waals surface area contributed by atoms with Gasteiger partial charge in [0.2, 0.25) is 0 Å². The highest BCUT2D eigenvalue weighted by atomic mass is 32.2. The zero-order valence-electron chi connectivity index (χ0n) is 14.6. The highest BCUT2D eigenvalue weighted by Gasteiger charge is 2.52. The van der Waals surface area contributed by atoms with E-state index in [-0.39, 0.29) is 16.8 Å². The third-order valence-corrected chi connectivity index (χ3v) is 5.06. The molecule has 2 rings (SSSR count). The highest BCUT2D eigenvalue weighted by molar-refractivity contribution is 8.13. The Balaban J connectivity index is 2.33. The molecule has 0 amide bonds. The van der Waals surface area contributed by atoms with Gasteiger partial charge in [-0.1, -0.05) is 11.8 Å². The number of rotatable bonds is 4. The molecule has 0 aromatic carbocycles. The van der Waals surface area contributed by atoms with Crippen molar-refractivity contribution in [3.05, 3.63) is 17.4 Å². The van der Waals surface area contributed by atoms with Gasteiger partial charge in [0.1, 0.15) is 0 Å².